The fraction of sp³-hybridized carbons (Fsp3) is 0.235. The van der Waals surface area contributed by atoms with Gasteiger partial charge in [0.2, 0.25) is 0 Å². The van der Waals surface area contributed by atoms with Gasteiger partial charge in [-0.05, 0) is 23.6 Å². The van der Waals surface area contributed by atoms with Crippen molar-refractivity contribution in [2.24, 2.45) is 0 Å². The van der Waals surface area contributed by atoms with Gasteiger partial charge in [0.05, 0.1) is 5.56 Å². The molecule has 0 unspecified atom stereocenters. The molecule has 1 aromatic rings. The van der Waals surface area contributed by atoms with Crippen LogP contribution in [0.4, 0.5) is 0 Å². The van der Waals surface area contributed by atoms with E-state index in [1.165, 1.54) is 0 Å². The summed E-state index contributed by atoms with van der Waals surface area (Å²) in [5, 5.41) is 0.957. The summed E-state index contributed by atoms with van der Waals surface area (Å²) < 4.78 is 5.79. The van der Waals surface area contributed by atoms with Crippen molar-refractivity contribution in [3.05, 3.63) is 58.3 Å². The molecule has 0 N–H and O–H groups in total. The number of fused-ring (bicyclic) bond motifs is 2. The van der Waals surface area contributed by atoms with Crippen LogP contribution in [-0.4, -0.2) is 0 Å². The monoisotopic (exact) mass is 252 g/mol. The van der Waals surface area contributed by atoms with E-state index in [9.17, 15) is 4.79 Å². The molecule has 0 amide bonds. The molecule has 3 rings (SSSR count). The van der Waals surface area contributed by atoms with Gasteiger partial charge in [0.1, 0.15) is 11.3 Å². The maximum atomic E-state index is 12.6. The Morgan fingerprint density at radius 2 is 1.74 bits per heavy atom. The van der Waals surface area contributed by atoms with Gasteiger partial charge < -0.3 is 4.42 Å². The summed E-state index contributed by atoms with van der Waals surface area (Å²) in [6.07, 6.45) is 0. The Bertz CT molecular complexity index is 775. The first kappa shape index (κ1) is 12.0. The summed E-state index contributed by atoms with van der Waals surface area (Å²) in [6.45, 7) is 6.15. The smallest absolute Gasteiger partial charge is 0.193 e. The van der Waals surface area contributed by atoms with Crippen LogP contribution >= 0.6 is 0 Å². The standard InChI is InChI=1S/C17H16O2/c1-17(2,3)13-8-9-15-12(16(13)18)10-11-6-4-5-7-14(11)19-15/h4-10H,1-3H3. The van der Waals surface area contributed by atoms with Gasteiger partial charge in [-0.15, -0.1) is 0 Å². The number of hydrogen-bond acceptors (Lipinski definition) is 2. The molecule has 0 atom stereocenters. The van der Waals surface area contributed by atoms with Crippen molar-refractivity contribution >= 4 is 11.0 Å². The van der Waals surface area contributed by atoms with Crippen LogP contribution in [0, 0.1) is 0 Å². The molecule has 96 valence electrons. The molecule has 1 heterocycles. The fourth-order valence-corrected chi connectivity index (χ4v) is 2.36. The Labute approximate surface area is 112 Å². The molecule has 2 aliphatic rings. The van der Waals surface area contributed by atoms with Crippen molar-refractivity contribution in [1.82, 2.24) is 0 Å². The number of benzene rings is 2. The van der Waals surface area contributed by atoms with Crippen molar-refractivity contribution in [3.63, 3.8) is 0 Å². The second-order valence-corrected chi connectivity index (χ2v) is 5.89. The third-order valence-electron chi connectivity index (χ3n) is 3.40. The highest BCUT2D eigenvalue weighted by Gasteiger charge is 2.21. The molecule has 0 bridgehead atoms. The molecule has 1 aliphatic carbocycles. The van der Waals surface area contributed by atoms with Gasteiger partial charge in [-0.2, -0.15) is 0 Å². The summed E-state index contributed by atoms with van der Waals surface area (Å²) in [5.41, 5.74) is 2.20. The topological polar surface area (TPSA) is 30.2 Å². The molecule has 1 aliphatic heterocycles. The Morgan fingerprint density at radius 1 is 1.00 bits per heavy atom. The highest BCUT2D eigenvalue weighted by atomic mass is 16.3. The van der Waals surface area contributed by atoms with Crippen molar-refractivity contribution in [2.45, 2.75) is 26.2 Å². The van der Waals surface area contributed by atoms with Crippen LogP contribution in [-0.2, 0) is 5.41 Å². The molecule has 0 fully saturated rings. The Balaban J connectivity index is 2.41. The normalized spacial score (nSPS) is 12.2. The average Bonchev–Trinajstić information content (AvgIpc) is 2.36. The predicted octanol–water partition coefficient (Wildman–Crippen LogP) is 4.20. The summed E-state index contributed by atoms with van der Waals surface area (Å²) in [7, 11) is 0. The second kappa shape index (κ2) is 3.95. The van der Waals surface area contributed by atoms with Crippen molar-refractivity contribution in [2.75, 3.05) is 0 Å². The van der Waals surface area contributed by atoms with Gasteiger partial charge >= 0.3 is 0 Å². The van der Waals surface area contributed by atoms with Crippen molar-refractivity contribution in [1.29, 1.82) is 0 Å². The lowest BCUT2D eigenvalue weighted by Crippen LogP contribution is -2.23. The van der Waals surface area contributed by atoms with E-state index in [0.717, 1.165) is 16.5 Å². The predicted molar refractivity (Wildman–Crippen MR) is 77.8 cm³/mol. The van der Waals surface area contributed by atoms with Crippen LogP contribution in [0.2, 0.25) is 0 Å². The van der Waals surface area contributed by atoms with Crippen molar-refractivity contribution < 1.29 is 4.42 Å². The van der Waals surface area contributed by atoms with Crippen molar-refractivity contribution in [3.8, 4) is 11.3 Å². The molecule has 0 saturated carbocycles. The van der Waals surface area contributed by atoms with Crippen LogP contribution < -0.4 is 5.43 Å². The maximum Gasteiger partial charge on any atom is 0.193 e. The largest absolute Gasteiger partial charge is 0.456 e. The first-order valence-corrected chi connectivity index (χ1v) is 6.43. The van der Waals surface area contributed by atoms with E-state index in [0.29, 0.717) is 11.3 Å². The average molecular weight is 252 g/mol. The molecule has 0 spiro atoms. The Kier molecular flexibility index (Phi) is 2.49. The van der Waals surface area contributed by atoms with Gasteiger partial charge in [-0.1, -0.05) is 45.0 Å². The van der Waals surface area contributed by atoms with E-state index < -0.39 is 0 Å². The lowest BCUT2D eigenvalue weighted by atomic mass is 9.85. The highest BCUT2D eigenvalue weighted by Crippen LogP contribution is 2.28. The third kappa shape index (κ3) is 1.93. The van der Waals surface area contributed by atoms with E-state index in [1.807, 2.05) is 63.2 Å². The zero-order valence-corrected chi connectivity index (χ0v) is 11.4. The van der Waals surface area contributed by atoms with Crippen LogP contribution in [0.1, 0.15) is 26.3 Å². The van der Waals surface area contributed by atoms with E-state index in [2.05, 4.69) is 0 Å². The van der Waals surface area contributed by atoms with Gasteiger partial charge in [-0.25, -0.2) is 0 Å². The summed E-state index contributed by atoms with van der Waals surface area (Å²) >= 11 is 0. The number of hydrogen-bond donors (Lipinski definition) is 0. The first-order chi connectivity index (χ1) is 8.97. The van der Waals surface area contributed by atoms with E-state index in [4.69, 9.17) is 4.42 Å². The quantitative estimate of drug-likeness (QED) is 0.561. The molecule has 1 aromatic carbocycles. The Morgan fingerprint density at radius 3 is 2.47 bits per heavy atom. The molecule has 2 nitrogen and oxygen atoms in total. The molecule has 0 aromatic heterocycles. The zero-order chi connectivity index (χ0) is 13.6. The maximum absolute atomic E-state index is 12.6. The summed E-state index contributed by atoms with van der Waals surface area (Å²) in [5.74, 6) is 0.650. The molecular weight excluding hydrogens is 236 g/mol. The summed E-state index contributed by atoms with van der Waals surface area (Å²) in [6, 6.07) is 13.4. The third-order valence-corrected chi connectivity index (χ3v) is 3.40. The molecular formula is C17H16O2. The van der Waals surface area contributed by atoms with Crippen LogP contribution in [0.3, 0.4) is 0 Å². The van der Waals surface area contributed by atoms with Gasteiger partial charge in [-0.3, -0.25) is 4.79 Å². The lowest BCUT2D eigenvalue weighted by Gasteiger charge is -2.19. The van der Waals surface area contributed by atoms with Crippen LogP contribution in [0.15, 0.2) is 51.7 Å². The van der Waals surface area contributed by atoms with Crippen LogP contribution in [0.25, 0.3) is 22.3 Å². The van der Waals surface area contributed by atoms with Gasteiger partial charge in [0.15, 0.2) is 5.43 Å². The molecule has 0 saturated heterocycles. The fourth-order valence-electron chi connectivity index (χ4n) is 2.36. The zero-order valence-electron chi connectivity index (χ0n) is 11.4. The highest BCUT2D eigenvalue weighted by molar-refractivity contribution is 5.82. The number of para-hydroxylation sites is 1. The number of rotatable bonds is 0. The van der Waals surface area contributed by atoms with E-state index in [1.54, 1.807) is 0 Å². The van der Waals surface area contributed by atoms with Gasteiger partial charge in [0.25, 0.3) is 0 Å². The lowest BCUT2D eigenvalue weighted by molar-refractivity contribution is 0.580. The SMILES string of the molecule is CC(C)(C)c1ccc2oc3ccccc3cc-2c1=O. The van der Waals surface area contributed by atoms with E-state index >= 15 is 0 Å². The van der Waals surface area contributed by atoms with Crippen LogP contribution in [0.5, 0.6) is 0 Å². The Hall–Kier alpha value is -2.09. The second-order valence-electron chi connectivity index (χ2n) is 5.89. The molecule has 2 heteroatoms. The summed E-state index contributed by atoms with van der Waals surface area (Å²) in [4.78, 5) is 12.6. The van der Waals surface area contributed by atoms with Gasteiger partial charge in [0, 0.05) is 10.9 Å². The molecule has 19 heavy (non-hydrogen) atoms. The molecule has 0 radical (unpaired) electrons. The first-order valence-electron chi connectivity index (χ1n) is 6.43. The minimum Gasteiger partial charge on any atom is -0.456 e. The minimum atomic E-state index is -0.156. The minimum absolute atomic E-state index is 0.0690. The van der Waals surface area contributed by atoms with E-state index in [-0.39, 0.29) is 10.8 Å².